The van der Waals surface area contributed by atoms with Crippen molar-refractivity contribution >= 4 is 55.3 Å². The highest BCUT2D eigenvalue weighted by molar-refractivity contribution is 7.91. The van der Waals surface area contributed by atoms with Gasteiger partial charge in [-0.15, -0.1) is 9.45 Å². The Hall–Kier alpha value is -2.95. The summed E-state index contributed by atoms with van der Waals surface area (Å²) in [6.45, 7) is 2.02. The van der Waals surface area contributed by atoms with Crippen molar-refractivity contribution in [1.82, 2.24) is 0 Å². The second kappa shape index (κ2) is 15.7. The van der Waals surface area contributed by atoms with E-state index >= 15 is 0 Å². The maximum absolute atomic E-state index is 12.3. The van der Waals surface area contributed by atoms with Gasteiger partial charge in [0.25, 0.3) is 5.69 Å². The first-order valence-electron chi connectivity index (χ1n) is 11.2. The Morgan fingerprint density at radius 2 is 1.77 bits per heavy atom. The Kier molecular flexibility index (Phi) is 13.1. The lowest BCUT2D eigenvalue weighted by molar-refractivity contribution is -0.434. The SMILES string of the molecule is CCCN(CCOSOOO)c1cc([N+](=O)[O-])c(N=Nc2ccc(S(=O)(=O)CCOS(=O)(=O)O)cc2)cc1OC. The van der Waals surface area contributed by atoms with Crippen LogP contribution in [0.5, 0.6) is 5.75 Å². The molecule has 40 heavy (non-hydrogen) atoms. The van der Waals surface area contributed by atoms with Gasteiger partial charge in [0.15, 0.2) is 27.8 Å². The van der Waals surface area contributed by atoms with Crippen LogP contribution in [0.2, 0.25) is 0 Å². The van der Waals surface area contributed by atoms with Crippen molar-refractivity contribution in [2.75, 3.05) is 44.1 Å². The number of nitro benzene ring substituents is 1. The molecule has 0 spiro atoms. The van der Waals surface area contributed by atoms with Crippen LogP contribution in [0.25, 0.3) is 0 Å². The molecule has 2 rings (SSSR count). The minimum atomic E-state index is -4.78. The highest BCUT2D eigenvalue weighted by atomic mass is 32.3. The molecule has 222 valence electrons. The van der Waals surface area contributed by atoms with Crippen LogP contribution < -0.4 is 9.64 Å². The van der Waals surface area contributed by atoms with E-state index in [2.05, 4.69) is 23.8 Å². The molecule has 2 aromatic carbocycles. The average Bonchev–Trinajstić information content (AvgIpc) is 2.90. The predicted molar refractivity (Wildman–Crippen MR) is 141 cm³/mol. The molecule has 0 amide bonds. The molecule has 0 aliphatic carbocycles. The highest BCUT2D eigenvalue weighted by Gasteiger charge is 2.23. The molecule has 2 aromatic rings. The Morgan fingerprint density at radius 3 is 2.35 bits per heavy atom. The van der Waals surface area contributed by atoms with Gasteiger partial charge in [-0.05, 0) is 30.7 Å². The van der Waals surface area contributed by atoms with E-state index < -0.39 is 37.5 Å². The van der Waals surface area contributed by atoms with Gasteiger partial charge < -0.3 is 9.64 Å². The molecule has 0 aliphatic heterocycles. The third kappa shape index (κ3) is 10.6. The molecule has 0 aromatic heterocycles. The third-order valence-corrected chi connectivity index (χ3v) is 7.45. The molecular weight excluding hydrogens is 600 g/mol. The number of hydrogen-bond donors (Lipinski definition) is 2. The first kappa shape index (κ1) is 33.3. The lowest BCUT2D eigenvalue weighted by Gasteiger charge is -2.25. The zero-order valence-corrected chi connectivity index (χ0v) is 23.6. The van der Waals surface area contributed by atoms with Crippen LogP contribution in [0.3, 0.4) is 0 Å². The van der Waals surface area contributed by atoms with E-state index in [1.807, 2.05) is 6.92 Å². The van der Waals surface area contributed by atoms with Crippen LogP contribution >= 0.6 is 12.3 Å². The first-order chi connectivity index (χ1) is 18.9. The molecule has 17 nitrogen and oxygen atoms in total. The molecule has 0 bridgehead atoms. The molecule has 0 aliphatic rings. The van der Waals surface area contributed by atoms with E-state index in [9.17, 15) is 26.9 Å². The number of rotatable bonds is 18. The lowest BCUT2D eigenvalue weighted by atomic mass is 10.2. The number of sulfone groups is 1. The summed E-state index contributed by atoms with van der Waals surface area (Å²) in [5.41, 5.74) is 0.0738. The second-order valence-corrected chi connectivity index (χ2v) is 11.3. The summed E-state index contributed by atoms with van der Waals surface area (Å²) in [7, 11) is -7.33. The Balaban J connectivity index is 2.27. The predicted octanol–water partition coefficient (Wildman–Crippen LogP) is 3.83. The Morgan fingerprint density at radius 1 is 1.07 bits per heavy atom. The monoisotopic (exact) mass is 626 g/mol. The molecule has 0 atom stereocenters. The number of nitrogens with zero attached hydrogens (tertiary/aromatic N) is 4. The minimum Gasteiger partial charge on any atom is -0.494 e. The fourth-order valence-electron chi connectivity index (χ4n) is 3.22. The Labute approximate surface area is 233 Å². The van der Waals surface area contributed by atoms with Gasteiger partial charge >= 0.3 is 10.4 Å². The van der Waals surface area contributed by atoms with Crippen LogP contribution in [0.15, 0.2) is 51.5 Å². The van der Waals surface area contributed by atoms with Gasteiger partial charge in [0, 0.05) is 25.2 Å². The second-order valence-electron chi connectivity index (χ2n) is 7.55. The van der Waals surface area contributed by atoms with E-state index in [1.165, 1.54) is 43.5 Å². The number of benzene rings is 2. The van der Waals surface area contributed by atoms with Crippen molar-refractivity contribution in [1.29, 1.82) is 0 Å². The molecule has 0 heterocycles. The van der Waals surface area contributed by atoms with E-state index in [0.29, 0.717) is 31.0 Å². The molecule has 20 heteroatoms. The fourth-order valence-corrected chi connectivity index (χ4v) is 4.91. The van der Waals surface area contributed by atoms with E-state index in [1.54, 1.807) is 4.90 Å². The molecule has 0 saturated carbocycles. The summed E-state index contributed by atoms with van der Waals surface area (Å²) in [5, 5.41) is 31.3. The van der Waals surface area contributed by atoms with E-state index in [0.717, 1.165) is 0 Å². The fraction of sp³-hybridized carbons (Fsp3) is 0.400. The third-order valence-electron chi connectivity index (χ3n) is 4.91. The average molecular weight is 627 g/mol. The zero-order chi connectivity index (χ0) is 29.8. The number of methoxy groups -OCH3 is 1. The zero-order valence-electron chi connectivity index (χ0n) is 21.1. The quantitative estimate of drug-likeness (QED) is 0.0456. The number of nitro groups is 1. The van der Waals surface area contributed by atoms with Crippen molar-refractivity contribution in [3.05, 3.63) is 46.5 Å². The Bertz CT molecular complexity index is 1370. The van der Waals surface area contributed by atoms with Gasteiger partial charge in [0.05, 0.1) is 47.3 Å². The summed E-state index contributed by atoms with van der Waals surface area (Å²) in [5.74, 6) is -0.444. The highest BCUT2D eigenvalue weighted by Crippen LogP contribution is 2.40. The number of azo groups is 1. The topological polar surface area (TPSA) is 226 Å². The van der Waals surface area contributed by atoms with Crippen molar-refractivity contribution < 1.29 is 54.0 Å². The van der Waals surface area contributed by atoms with Gasteiger partial charge in [-0.2, -0.15) is 13.5 Å². The van der Waals surface area contributed by atoms with Crippen LogP contribution in [-0.2, 0) is 38.0 Å². The van der Waals surface area contributed by atoms with Gasteiger partial charge in [-0.3, -0.25) is 18.9 Å². The molecule has 0 unspecified atom stereocenters. The van der Waals surface area contributed by atoms with Gasteiger partial charge in [0.1, 0.15) is 5.75 Å². The standard InChI is InChI=1S/C20H26N4O13S3/c1-3-8-23(9-10-34-38-37-36-27)19-14-18(24(25)26)17(13-20(19)33-2)22-21-15-4-6-16(7-5-15)39(28,29)12-11-35-40(30,31)32/h4-7,13-14,27H,3,8-12H2,1-2H3,(H,30,31,32). The summed E-state index contributed by atoms with van der Waals surface area (Å²) in [6, 6.07) is 7.60. The molecule has 0 fully saturated rings. The van der Waals surface area contributed by atoms with Crippen molar-refractivity contribution in [2.45, 2.75) is 18.2 Å². The molecule has 0 saturated heterocycles. The van der Waals surface area contributed by atoms with Gasteiger partial charge in [-0.25, -0.2) is 17.9 Å². The summed E-state index contributed by atoms with van der Waals surface area (Å²) in [6.07, 6.45) is 0.696. The van der Waals surface area contributed by atoms with Crippen molar-refractivity contribution in [2.24, 2.45) is 10.2 Å². The smallest absolute Gasteiger partial charge is 0.397 e. The van der Waals surface area contributed by atoms with E-state index in [4.69, 9.17) is 18.7 Å². The van der Waals surface area contributed by atoms with Crippen LogP contribution in [-0.4, -0.2) is 70.7 Å². The van der Waals surface area contributed by atoms with Crippen molar-refractivity contribution in [3.63, 3.8) is 0 Å². The molecule has 2 N–H and O–H groups in total. The molecular formula is C20H26N4O13S3. The maximum atomic E-state index is 12.3. The van der Waals surface area contributed by atoms with Crippen molar-refractivity contribution in [3.8, 4) is 5.75 Å². The lowest BCUT2D eigenvalue weighted by Crippen LogP contribution is -2.28. The number of ether oxygens (including phenoxy) is 1. The van der Waals surface area contributed by atoms with Gasteiger partial charge in [0.2, 0.25) is 0 Å². The summed E-state index contributed by atoms with van der Waals surface area (Å²) in [4.78, 5) is 12.8. The van der Waals surface area contributed by atoms with Crippen LogP contribution in [0.1, 0.15) is 13.3 Å². The number of anilines is 1. The maximum Gasteiger partial charge on any atom is 0.397 e. The first-order valence-corrected chi connectivity index (χ1v) is 14.8. The molecule has 0 radical (unpaired) electrons. The van der Waals surface area contributed by atoms with Crippen LogP contribution in [0, 0.1) is 10.1 Å². The van der Waals surface area contributed by atoms with Gasteiger partial charge in [-0.1, -0.05) is 12.0 Å². The van der Waals surface area contributed by atoms with E-state index in [-0.39, 0.29) is 40.9 Å². The number of hydrogen-bond acceptors (Lipinski definition) is 16. The largest absolute Gasteiger partial charge is 0.494 e. The minimum absolute atomic E-state index is 0.103. The summed E-state index contributed by atoms with van der Waals surface area (Å²) >= 11 is 0.404. The normalized spacial score (nSPS) is 12.1. The van der Waals surface area contributed by atoms with Crippen LogP contribution in [0.4, 0.5) is 22.7 Å². The summed E-state index contributed by atoms with van der Waals surface area (Å²) < 4.78 is 73.0.